The predicted molar refractivity (Wildman–Crippen MR) is 91.6 cm³/mol. The molecule has 1 aromatic carbocycles. The van der Waals surface area contributed by atoms with E-state index in [0.717, 1.165) is 23.2 Å². The summed E-state index contributed by atoms with van der Waals surface area (Å²) < 4.78 is 41.6. The third-order valence-corrected chi connectivity index (χ3v) is 3.94. The number of rotatable bonds is 4. The second-order valence-electron chi connectivity index (χ2n) is 5.55. The lowest BCUT2D eigenvalue weighted by atomic mass is 10.2. The molecular weight excluding hydrogens is 415 g/mol. The van der Waals surface area contributed by atoms with E-state index in [2.05, 4.69) is 31.4 Å². The molecule has 0 aliphatic heterocycles. The van der Waals surface area contributed by atoms with Crippen molar-refractivity contribution in [2.45, 2.75) is 12.7 Å². The van der Waals surface area contributed by atoms with E-state index < -0.39 is 17.8 Å². The first-order chi connectivity index (χ1) is 12.2. The summed E-state index contributed by atoms with van der Waals surface area (Å²) in [6, 6.07) is 7.69. The SMILES string of the molecule is Cn1nc(C(=O)Nc2cccc(Cn3cc(Br)cn3)c2)cc1C(F)(F)F. The van der Waals surface area contributed by atoms with Crippen molar-refractivity contribution < 1.29 is 18.0 Å². The van der Waals surface area contributed by atoms with Crippen LogP contribution in [0.25, 0.3) is 0 Å². The summed E-state index contributed by atoms with van der Waals surface area (Å²) in [4.78, 5) is 12.2. The Labute approximate surface area is 154 Å². The number of anilines is 1. The van der Waals surface area contributed by atoms with Crippen LogP contribution in [0.5, 0.6) is 0 Å². The first-order valence-electron chi connectivity index (χ1n) is 7.42. The standard InChI is InChI=1S/C16H13BrF3N5O/c1-24-14(16(18,19)20)6-13(23-24)15(26)22-12-4-2-3-10(5-12)8-25-9-11(17)7-21-25/h2-7,9H,8H2,1H3,(H,22,26). The Bertz CT molecular complexity index is 948. The maximum atomic E-state index is 12.8. The third kappa shape index (κ3) is 4.13. The topological polar surface area (TPSA) is 64.7 Å². The largest absolute Gasteiger partial charge is 0.433 e. The Morgan fingerprint density at radius 1 is 1.31 bits per heavy atom. The van der Waals surface area contributed by atoms with Crippen LogP contribution in [0.15, 0.2) is 47.2 Å². The van der Waals surface area contributed by atoms with Crippen molar-refractivity contribution in [1.29, 1.82) is 0 Å². The Morgan fingerprint density at radius 2 is 2.08 bits per heavy atom. The van der Waals surface area contributed by atoms with Crippen molar-refractivity contribution in [1.82, 2.24) is 19.6 Å². The number of nitrogens with one attached hydrogen (secondary N) is 1. The molecule has 0 fully saturated rings. The number of benzene rings is 1. The lowest BCUT2D eigenvalue weighted by Crippen LogP contribution is -2.13. The van der Waals surface area contributed by atoms with Gasteiger partial charge in [-0.2, -0.15) is 23.4 Å². The van der Waals surface area contributed by atoms with Crippen LogP contribution in [-0.2, 0) is 19.8 Å². The zero-order valence-corrected chi connectivity index (χ0v) is 15.0. The molecule has 0 atom stereocenters. The number of alkyl halides is 3. The highest BCUT2D eigenvalue weighted by atomic mass is 79.9. The molecule has 2 heterocycles. The molecule has 0 spiro atoms. The number of amides is 1. The van der Waals surface area contributed by atoms with Crippen LogP contribution < -0.4 is 5.32 Å². The predicted octanol–water partition coefficient (Wildman–Crippen LogP) is 3.70. The van der Waals surface area contributed by atoms with Gasteiger partial charge < -0.3 is 5.32 Å². The summed E-state index contributed by atoms with van der Waals surface area (Å²) in [5, 5.41) is 10.3. The molecule has 0 aliphatic carbocycles. The van der Waals surface area contributed by atoms with Crippen LogP contribution in [0, 0.1) is 0 Å². The molecule has 3 aromatic rings. The molecule has 2 aromatic heterocycles. The van der Waals surface area contributed by atoms with Gasteiger partial charge in [-0.15, -0.1) is 0 Å². The minimum Gasteiger partial charge on any atom is -0.321 e. The van der Waals surface area contributed by atoms with Crippen LogP contribution in [0.3, 0.4) is 0 Å². The first-order valence-corrected chi connectivity index (χ1v) is 8.21. The number of hydrogen-bond donors (Lipinski definition) is 1. The molecule has 0 saturated carbocycles. The van der Waals surface area contributed by atoms with Crippen molar-refractivity contribution in [3.8, 4) is 0 Å². The molecule has 6 nitrogen and oxygen atoms in total. The molecule has 0 aliphatic rings. The van der Waals surface area contributed by atoms with Gasteiger partial charge in [-0.05, 0) is 33.6 Å². The second-order valence-corrected chi connectivity index (χ2v) is 6.46. The van der Waals surface area contributed by atoms with Gasteiger partial charge in [-0.3, -0.25) is 14.2 Å². The fourth-order valence-corrected chi connectivity index (χ4v) is 2.73. The van der Waals surface area contributed by atoms with Crippen molar-refractivity contribution in [3.63, 3.8) is 0 Å². The number of aromatic nitrogens is 4. The van der Waals surface area contributed by atoms with Gasteiger partial charge in [0.2, 0.25) is 0 Å². The number of aryl methyl sites for hydroxylation is 1. The molecule has 1 N–H and O–H groups in total. The Hall–Kier alpha value is -2.62. The maximum absolute atomic E-state index is 12.8. The number of halogens is 4. The highest BCUT2D eigenvalue weighted by Gasteiger charge is 2.35. The molecule has 10 heteroatoms. The fourth-order valence-electron chi connectivity index (χ4n) is 2.40. The van der Waals surface area contributed by atoms with Crippen molar-refractivity contribution in [3.05, 3.63) is 64.1 Å². The zero-order chi connectivity index (χ0) is 18.9. The summed E-state index contributed by atoms with van der Waals surface area (Å²) in [5.41, 5.74) is 0.0372. The van der Waals surface area contributed by atoms with Gasteiger partial charge >= 0.3 is 6.18 Å². The fraction of sp³-hybridized carbons (Fsp3) is 0.188. The van der Waals surface area contributed by atoms with E-state index in [1.807, 2.05) is 6.07 Å². The smallest absolute Gasteiger partial charge is 0.321 e. The lowest BCUT2D eigenvalue weighted by Gasteiger charge is -2.06. The number of carbonyl (C=O) groups excluding carboxylic acids is 1. The summed E-state index contributed by atoms with van der Waals surface area (Å²) in [6.45, 7) is 0.483. The molecule has 26 heavy (non-hydrogen) atoms. The zero-order valence-electron chi connectivity index (χ0n) is 13.5. The van der Waals surface area contributed by atoms with Crippen LogP contribution in [0.4, 0.5) is 18.9 Å². The van der Waals surface area contributed by atoms with E-state index in [-0.39, 0.29) is 5.69 Å². The third-order valence-electron chi connectivity index (χ3n) is 3.53. The Kier molecular flexibility index (Phi) is 4.86. The average Bonchev–Trinajstić information content (AvgIpc) is 3.13. The summed E-state index contributed by atoms with van der Waals surface area (Å²) in [5.74, 6) is -0.713. The highest BCUT2D eigenvalue weighted by molar-refractivity contribution is 9.10. The van der Waals surface area contributed by atoms with E-state index in [9.17, 15) is 18.0 Å². The summed E-state index contributed by atoms with van der Waals surface area (Å²) in [7, 11) is 1.14. The highest BCUT2D eigenvalue weighted by Crippen LogP contribution is 2.29. The quantitative estimate of drug-likeness (QED) is 0.690. The van der Waals surface area contributed by atoms with Crippen LogP contribution in [-0.4, -0.2) is 25.5 Å². The Morgan fingerprint density at radius 3 is 2.69 bits per heavy atom. The van der Waals surface area contributed by atoms with Crippen molar-refractivity contribution in [2.75, 3.05) is 5.32 Å². The Balaban J connectivity index is 1.74. The maximum Gasteiger partial charge on any atom is 0.433 e. The molecule has 0 unspecified atom stereocenters. The van der Waals surface area contributed by atoms with E-state index in [0.29, 0.717) is 16.9 Å². The van der Waals surface area contributed by atoms with E-state index in [1.165, 1.54) is 0 Å². The van der Waals surface area contributed by atoms with Crippen molar-refractivity contribution in [2.24, 2.45) is 7.05 Å². The number of carbonyl (C=O) groups is 1. The summed E-state index contributed by atoms with van der Waals surface area (Å²) >= 11 is 3.31. The molecule has 0 saturated heterocycles. The van der Waals surface area contributed by atoms with Gasteiger partial charge in [0, 0.05) is 25.0 Å². The van der Waals surface area contributed by atoms with Gasteiger partial charge in [0.1, 0.15) is 5.69 Å². The van der Waals surface area contributed by atoms with E-state index in [4.69, 9.17) is 0 Å². The van der Waals surface area contributed by atoms with Crippen molar-refractivity contribution >= 4 is 27.5 Å². The van der Waals surface area contributed by atoms with E-state index in [1.54, 1.807) is 35.3 Å². The van der Waals surface area contributed by atoms with Crippen LogP contribution >= 0.6 is 15.9 Å². The number of nitrogens with zero attached hydrogens (tertiary/aromatic N) is 4. The van der Waals surface area contributed by atoms with Crippen LogP contribution in [0.2, 0.25) is 0 Å². The van der Waals surface area contributed by atoms with Gasteiger partial charge in [0.15, 0.2) is 5.69 Å². The molecule has 136 valence electrons. The monoisotopic (exact) mass is 427 g/mol. The van der Waals surface area contributed by atoms with Gasteiger partial charge in [0.25, 0.3) is 5.91 Å². The van der Waals surface area contributed by atoms with Gasteiger partial charge in [0.05, 0.1) is 17.2 Å². The number of hydrogen-bond acceptors (Lipinski definition) is 3. The molecule has 0 radical (unpaired) electrons. The summed E-state index contributed by atoms with van der Waals surface area (Å²) in [6.07, 6.45) is -1.11. The van der Waals surface area contributed by atoms with Crippen LogP contribution in [0.1, 0.15) is 21.7 Å². The average molecular weight is 428 g/mol. The molecule has 3 rings (SSSR count). The van der Waals surface area contributed by atoms with Gasteiger partial charge in [-0.25, -0.2) is 0 Å². The lowest BCUT2D eigenvalue weighted by molar-refractivity contribution is -0.143. The first kappa shape index (κ1) is 18.2. The molecule has 0 bridgehead atoms. The molecule has 1 amide bonds. The normalized spacial score (nSPS) is 11.6. The minimum atomic E-state index is -4.57. The van der Waals surface area contributed by atoms with E-state index >= 15 is 0 Å². The minimum absolute atomic E-state index is 0.304. The van der Waals surface area contributed by atoms with Gasteiger partial charge in [-0.1, -0.05) is 12.1 Å². The second kappa shape index (κ2) is 6.94. The molecular formula is C16H13BrF3N5O.